The Balaban J connectivity index is 3.36. The number of aromatic nitrogens is 2. The highest BCUT2D eigenvalue weighted by Gasteiger charge is 2.32. The summed E-state index contributed by atoms with van der Waals surface area (Å²) in [5.74, 6) is -1.56. The Kier molecular flexibility index (Phi) is 4.91. The lowest BCUT2D eigenvalue weighted by molar-refractivity contribution is -0.119. The van der Waals surface area contributed by atoms with Crippen molar-refractivity contribution < 1.29 is 23.1 Å². The van der Waals surface area contributed by atoms with Crippen LogP contribution in [0.4, 0.5) is 19.0 Å². The van der Waals surface area contributed by atoms with E-state index in [0.29, 0.717) is 24.1 Å². The number of alkyl halides is 3. The topological polar surface area (TPSA) is 66.3 Å². The van der Waals surface area contributed by atoms with Crippen LogP contribution >= 0.6 is 0 Å². The van der Waals surface area contributed by atoms with E-state index >= 15 is 0 Å². The Bertz CT molecular complexity index is 503. The molecule has 20 heavy (non-hydrogen) atoms. The Morgan fingerprint density at radius 2 is 1.85 bits per heavy atom. The third kappa shape index (κ3) is 3.58. The molecule has 5 nitrogen and oxygen atoms in total. The standard InChI is InChI=1S/C12H16F3N3O2/c1-4-7-8(5-2)16-17-10(9(7)11(19)20)18(3)6-12(13,14)15/h4-6H2,1-3H3,(H,19,20). The molecule has 1 N–H and O–H groups in total. The predicted octanol–water partition coefficient (Wildman–Crippen LogP) is 2.30. The first kappa shape index (κ1) is 16.2. The van der Waals surface area contributed by atoms with Crippen LogP contribution in [-0.4, -0.2) is 41.0 Å². The second-order valence-corrected chi connectivity index (χ2v) is 4.31. The normalized spacial score (nSPS) is 11.5. The van der Waals surface area contributed by atoms with E-state index in [1.807, 2.05) is 0 Å². The van der Waals surface area contributed by atoms with Crippen molar-refractivity contribution in [2.24, 2.45) is 0 Å². The van der Waals surface area contributed by atoms with Crippen LogP contribution in [-0.2, 0) is 12.8 Å². The molecule has 0 aromatic carbocycles. The third-order valence-corrected chi connectivity index (χ3v) is 2.82. The lowest BCUT2D eigenvalue weighted by Gasteiger charge is -2.22. The summed E-state index contributed by atoms with van der Waals surface area (Å²) in [6.07, 6.45) is -3.60. The highest BCUT2D eigenvalue weighted by molar-refractivity contribution is 5.95. The zero-order chi connectivity index (χ0) is 15.5. The number of hydrogen-bond donors (Lipinski definition) is 1. The number of aromatic carboxylic acids is 1. The van der Waals surface area contributed by atoms with Gasteiger partial charge in [0.25, 0.3) is 0 Å². The fourth-order valence-corrected chi connectivity index (χ4v) is 2.00. The van der Waals surface area contributed by atoms with E-state index in [1.165, 1.54) is 0 Å². The van der Waals surface area contributed by atoms with Crippen molar-refractivity contribution in [3.8, 4) is 0 Å². The van der Waals surface area contributed by atoms with Crippen LogP contribution in [0.2, 0.25) is 0 Å². The van der Waals surface area contributed by atoms with Crippen molar-refractivity contribution in [3.63, 3.8) is 0 Å². The molecule has 0 saturated heterocycles. The fraction of sp³-hybridized carbons (Fsp3) is 0.583. The van der Waals surface area contributed by atoms with Gasteiger partial charge in [-0.2, -0.15) is 18.3 Å². The summed E-state index contributed by atoms with van der Waals surface area (Å²) in [5, 5.41) is 16.8. The average molecular weight is 291 g/mol. The molecule has 0 spiro atoms. The SMILES string of the molecule is CCc1nnc(N(C)CC(F)(F)F)c(C(=O)O)c1CC. The Hall–Kier alpha value is -1.86. The van der Waals surface area contributed by atoms with Gasteiger partial charge in [0.15, 0.2) is 5.82 Å². The van der Waals surface area contributed by atoms with Crippen molar-refractivity contribution in [1.82, 2.24) is 10.2 Å². The first-order valence-corrected chi connectivity index (χ1v) is 6.10. The van der Waals surface area contributed by atoms with E-state index in [4.69, 9.17) is 0 Å². The summed E-state index contributed by atoms with van der Waals surface area (Å²) >= 11 is 0. The van der Waals surface area contributed by atoms with E-state index < -0.39 is 18.7 Å². The van der Waals surface area contributed by atoms with Crippen LogP contribution in [0.1, 0.15) is 35.5 Å². The van der Waals surface area contributed by atoms with Crippen molar-refractivity contribution in [2.75, 3.05) is 18.5 Å². The van der Waals surface area contributed by atoms with E-state index in [1.54, 1.807) is 13.8 Å². The molecule has 0 aliphatic rings. The maximum Gasteiger partial charge on any atom is 0.405 e. The molecule has 0 radical (unpaired) electrons. The molecule has 8 heteroatoms. The van der Waals surface area contributed by atoms with Crippen molar-refractivity contribution in [1.29, 1.82) is 0 Å². The summed E-state index contributed by atoms with van der Waals surface area (Å²) in [4.78, 5) is 12.1. The number of carboxylic acid groups (broad SMARTS) is 1. The number of aryl methyl sites for hydroxylation is 1. The summed E-state index contributed by atoms with van der Waals surface area (Å²) in [5.41, 5.74) is 0.721. The quantitative estimate of drug-likeness (QED) is 0.901. The largest absolute Gasteiger partial charge is 0.478 e. The minimum Gasteiger partial charge on any atom is -0.478 e. The van der Waals surface area contributed by atoms with Gasteiger partial charge in [-0.05, 0) is 18.4 Å². The fourth-order valence-electron chi connectivity index (χ4n) is 2.00. The molecule has 1 heterocycles. The Labute approximate surface area is 114 Å². The van der Waals surface area contributed by atoms with Crippen LogP contribution < -0.4 is 4.90 Å². The molecule has 112 valence electrons. The third-order valence-electron chi connectivity index (χ3n) is 2.82. The molecule has 0 aliphatic carbocycles. The van der Waals surface area contributed by atoms with Gasteiger partial charge >= 0.3 is 12.1 Å². The summed E-state index contributed by atoms with van der Waals surface area (Å²) in [6, 6.07) is 0. The molecule has 1 aromatic heterocycles. The molecular weight excluding hydrogens is 275 g/mol. The monoisotopic (exact) mass is 291 g/mol. The van der Waals surface area contributed by atoms with Gasteiger partial charge in [0.05, 0.1) is 5.69 Å². The van der Waals surface area contributed by atoms with Crippen molar-refractivity contribution >= 4 is 11.8 Å². The molecule has 0 bridgehead atoms. The molecule has 0 atom stereocenters. The van der Waals surface area contributed by atoms with Crippen LogP contribution in [0.15, 0.2) is 0 Å². The smallest absolute Gasteiger partial charge is 0.405 e. The van der Waals surface area contributed by atoms with Gasteiger partial charge in [-0.1, -0.05) is 13.8 Å². The minimum atomic E-state index is -4.44. The highest BCUT2D eigenvalue weighted by Crippen LogP contribution is 2.26. The lowest BCUT2D eigenvalue weighted by Crippen LogP contribution is -2.33. The van der Waals surface area contributed by atoms with Gasteiger partial charge in [0.2, 0.25) is 0 Å². The maximum absolute atomic E-state index is 12.4. The molecule has 1 aromatic rings. The highest BCUT2D eigenvalue weighted by atomic mass is 19.4. The first-order valence-electron chi connectivity index (χ1n) is 6.10. The minimum absolute atomic E-state index is 0.203. The maximum atomic E-state index is 12.4. The second-order valence-electron chi connectivity index (χ2n) is 4.31. The zero-order valence-corrected chi connectivity index (χ0v) is 11.5. The molecule has 0 saturated carbocycles. The molecular formula is C12H16F3N3O2. The zero-order valence-electron chi connectivity index (χ0n) is 11.5. The molecule has 1 rings (SSSR count). The Morgan fingerprint density at radius 1 is 1.25 bits per heavy atom. The van der Waals surface area contributed by atoms with Crippen LogP contribution in [0.3, 0.4) is 0 Å². The number of halogens is 3. The van der Waals surface area contributed by atoms with E-state index in [-0.39, 0.29) is 11.4 Å². The molecule has 0 unspecified atom stereocenters. The lowest BCUT2D eigenvalue weighted by atomic mass is 10.0. The van der Waals surface area contributed by atoms with Gasteiger partial charge in [0.1, 0.15) is 12.1 Å². The number of carboxylic acids is 1. The van der Waals surface area contributed by atoms with Gasteiger partial charge < -0.3 is 10.0 Å². The number of nitrogens with zero attached hydrogens (tertiary/aromatic N) is 3. The summed E-state index contributed by atoms with van der Waals surface area (Å²) in [7, 11) is 1.15. The molecule has 0 amide bonds. The van der Waals surface area contributed by atoms with E-state index in [9.17, 15) is 23.1 Å². The average Bonchev–Trinajstić information content (AvgIpc) is 2.34. The number of rotatable bonds is 5. The number of anilines is 1. The van der Waals surface area contributed by atoms with E-state index in [0.717, 1.165) is 11.9 Å². The van der Waals surface area contributed by atoms with Gasteiger partial charge in [-0.25, -0.2) is 4.79 Å². The number of hydrogen-bond acceptors (Lipinski definition) is 4. The molecule has 0 fully saturated rings. The number of carbonyl (C=O) groups is 1. The molecule has 0 aliphatic heterocycles. The van der Waals surface area contributed by atoms with Crippen LogP contribution in [0, 0.1) is 0 Å². The van der Waals surface area contributed by atoms with E-state index in [2.05, 4.69) is 10.2 Å². The van der Waals surface area contributed by atoms with Crippen molar-refractivity contribution in [2.45, 2.75) is 32.9 Å². The summed E-state index contributed by atoms with van der Waals surface area (Å²) < 4.78 is 37.2. The second kappa shape index (κ2) is 6.06. The summed E-state index contributed by atoms with van der Waals surface area (Å²) in [6.45, 7) is 2.24. The first-order chi connectivity index (χ1) is 9.21. The van der Waals surface area contributed by atoms with Crippen molar-refractivity contribution in [3.05, 3.63) is 16.8 Å². The van der Waals surface area contributed by atoms with Gasteiger partial charge in [-0.3, -0.25) is 0 Å². The Morgan fingerprint density at radius 3 is 2.25 bits per heavy atom. The van der Waals surface area contributed by atoms with Crippen LogP contribution in [0.25, 0.3) is 0 Å². The van der Waals surface area contributed by atoms with Crippen LogP contribution in [0.5, 0.6) is 0 Å². The predicted molar refractivity (Wildman–Crippen MR) is 67.1 cm³/mol. The van der Waals surface area contributed by atoms with Gasteiger partial charge in [-0.15, -0.1) is 5.10 Å². The van der Waals surface area contributed by atoms with Gasteiger partial charge in [0, 0.05) is 7.05 Å².